The number of benzene rings is 1. The molecule has 0 saturated carbocycles. The third-order valence-electron chi connectivity index (χ3n) is 3.36. The average molecular weight is 283 g/mol. The first-order valence-electron chi connectivity index (χ1n) is 7.56. The lowest BCUT2D eigenvalue weighted by atomic mass is 10.2. The first kappa shape index (κ1) is 15.5. The van der Waals surface area contributed by atoms with Crippen molar-refractivity contribution >= 4 is 5.69 Å². The summed E-state index contributed by atoms with van der Waals surface area (Å²) in [4.78, 5) is 6.69. The van der Waals surface area contributed by atoms with Crippen LogP contribution in [0.2, 0.25) is 0 Å². The maximum absolute atomic E-state index is 4.44. The summed E-state index contributed by atoms with van der Waals surface area (Å²) in [6, 6.07) is 14.7. The summed E-state index contributed by atoms with van der Waals surface area (Å²) in [6.45, 7) is 7.18. The highest BCUT2D eigenvalue weighted by atomic mass is 15.1. The van der Waals surface area contributed by atoms with Gasteiger partial charge in [0.1, 0.15) is 0 Å². The molecule has 0 atom stereocenters. The smallest absolute Gasteiger partial charge is 0.0562 e. The summed E-state index contributed by atoms with van der Waals surface area (Å²) in [5.74, 6) is 0.661. The van der Waals surface area contributed by atoms with Crippen LogP contribution in [0.3, 0.4) is 0 Å². The van der Waals surface area contributed by atoms with E-state index in [1.54, 1.807) is 0 Å². The van der Waals surface area contributed by atoms with Crippen molar-refractivity contribution in [2.45, 2.75) is 26.9 Å². The fraction of sp³-hybridized carbons (Fsp3) is 0.389. The number of rotatable bonds is 7. The monoisotopic (exact) mass is 283 g/mol. The zero-order valence-electron chi connectivity index (χ0n) is 13.2. The molecule has 1 aromatic heterocycles. The van der Waals surface area contributed by atoms with Crippen LogP contribution in [0.25, 0.3) is 0 Å². The van der Waals surface area contributed by atoms with E-state index in [4.69, 9.17) is 0 Å². The standard InChI is InChI=1S/C18H25N3/c1-15(2)12-19-13-17-11-18(9-10-20-17)21(3)14-16-7-5-4-6-8-16/h4-11,15,19H,12-14H2,1-3H3. The van der Waals surface area contributed by atoms with Crippen molar-refractivity contribution in [3.05, 3.63) is 59.9 Å². The predicted molar refractivity (Wildman–Crippen MR) is 89.3 cm³/mol. The van der Waals surface area contributed by atoms with E-state index in [1.165, 1.54) is 11.3 Å². The minimum atomic E-state index is 0.661. The summed E-state index contributed by atoms with van der Waals surface area (Å²) in [7, 11) is 2.12. The second-order valence-corrected chi connectivity index (χ2v) is 5.87. The molecule has 0 unspecified atom stereocenters. The van der Waals surface area contributed by atoms with Crippen LogP contribution in [-0.2, 0) is 13.1 Å². The molecule has 0 aliphatic heterocycles. The molecule has 0 spiro atoms. The summed E-state index contributed by atoms with van der Waals surface area (Å²) in [6.07, 6.45) is 1.89. The Morgan fingerprint density at radius 1 is 1.14 bits per heavy atom. The van der Waals surface area contributed by atoms with Gasteiger partial charge in [0.2, 0.25) is 0 Å². The van der Waals surface area contributed by atoms with Gasteiger partial charge in [-0.25, -0.2) is 0 Å². The van der Waals surface area contributed by atoms with Gasteiger partial charge < -0.3 is 10.2 Å². The summed E-state index contributed by atoms with van der Waals surface area (Å²) in [5, 5.41) is 3.44. The normalized spacial score (nSPS) is 10.9. The minimum absolute atomic E-state index is 0.661. The Kier molecular flexibility index (Phi) is 5.76. The molecule has 112 valence electrons. The Bertz CT molecular complexity index is 537. The third kappa shape index (κ3) is 5.20. The van der Waals surface area contributed by atoms with Gasteiger partial charge in [0.25, 0.3) is 0 Å². The number of anilines is 1. The maximum Gasteiger partial charge on any atom is 0.0562 e. The molecule has 1 N–H and O–H groups in total. The van der Waals surface area contributed by atoms with E-state index in [1.807, 2.05) is 6.20 Å². The zero-order chi connectivity index (χ0) is 15.1. The van der Waals surface area contributed by atoms with Gasteiger partial charge in [-0.2, -0.15) is 0 Å². The van der Waals surface area contributed by atoms with Gasteiger partial charge in [-0.3, -0.25) is 4.98 Å². The maximum atomic E-state index is 4.44. The van der Waals surface area contributed by atoms with Gasteiger partial charge in [-0.15, -0.1) is 0 Å². The highest BCUT2D eigenvalue weighted by molar-refractivity contribution is 5.46. The predicted octanol–water partition coefficient (Wildman–Crippen LogP) is 3.46. The lowest BCUT2D eigenvalue weighted by Gasteiger charge is -2.20. The first-order valence-corrected chi connectivity index (χ1v) is 7.56. The quantitative estimate of drug-likeness (QED) is 0.843. The molecule has 0 aliphatic carbocycles. The van der Waals surface area contributed by atoms with Crippen LogP contribution in [0.1, 0.15) is 25.1 Å². The molecule has 1 aromatic carbocycles. The number of aromatic nitrogens is 1. The van der Waals surface area contributed by atoms with Crippen molar-refractivity contribution in [3.63, 3.8) is 0 Å². The van der Waals surface area contributed by atoms with Gasteiger partial charge in [-0.05, 0) is 30.2 Å². The van der Waals surface area contributed by atoms with E-state index in [0.717, 1.165) is 25.3 Å². The van der Waals surface area contributed by atoms with Gasteiger partial charge in [0.15, 0.2) is 0 Å². The Morgan fingerprint density at radius 2 is 1.90 bits per heavy atom. The van der Waals surface area contributed by atoms with Crippen molar-refractivity contribution < 1.29 is 0 Å². The molecule has 0 amide bonds. The van der Waals surface area contributed by atoms with E-state index >= 15 is 0 Å². The van der Waals surface area contributed by atoms with Crippen molar-refractivity contribution in [3.8, 4) is 0 Å². The molecule has 0 saturated heterocycles. The lowest BCUT2D eigenvalue weighted by Crippen LogP contribution is -2.20. The number of hydrogen-bond acceptors (Lipinski definition) is 3. The summed E-state index contributed by atoms with van der Waals surface area (Å²) in [5.41, 5.74) is 3.61. The first-order chi connectivity index (χ1) is 10.1. The molecular weight excluding hydrogens is 258 g/mol. The summed E-state index contributed by atoms with van der Waals surface area (Å²) >= 11 is 0. The molecule has 21 heavy (non-hydrogen) atoms. The van der Waals surface area contributed by atoms with Crippen LogP contribution in [0.5, 0.6) is 0 Å². The van der Waals surface area contributed by atoms with Crippen LogP contribution < -0.4 is 10.2 Å². The lowest BCUT2D eigenvalue weighted by molar-refractivity contribution is 0.548. The van der Waals surface area contributed by atoms with Gasteiger partial charge >= 0.3 is 0 Å². The number of nitrogens with one attached hydrogen (secondary N) is 1. The van der Waals surface area contributed by atoms with E-state index in [-0.39, 0.29) is 0 Å². The Balaban J connectivity index is 1.96. The topological polar surface area (TPSA) is 28.2 Å². The fourth-order valence-corrected chi connectivity index (χ4v) is 2.24. The SMILES string of the molecule is CC(C)CNCc1cc(N(C)Cc2ccccc2)ccn1. The van der Waals surface area contributed by atoms with Crippen molar-refractivity contribution in [1.82, 2.24) is 10.3 Å². The Labute approximate surface area is 128 Å². The molecule has 3 heteroatoms. The van der Waals surface area contributed by atoms with Crippen molar-refractivity contribution in [2.24, 2.45) is 5.92 Å². The molecule has 0 radical (unpaired) electrons. The van der Waals surface area contributed by atoms with Crippen molar-refractivity contribution in [1.29, 1.82) is 0 Å². The van der Waals surface area contributed by atoms with Gasteiger partial charge in [0.05, 0.1) is 5.69 Å². The zero-order valence-corrected chi connectivity index (χ0v) is 13.2. The Hall–Kier alpha value is -1.87. The number of nitrogens with zero attached hydrogens (tertiary/aromatic N) is 2. The molecule has 0 fully saturated rings. The molecule has 2 aromatic rings. The van der Waals surface area contributed by atoms with E-state index in [9.17, 15) is 0 Å². The minimum Gasteiger partial charge on any atom is -0.370 e. The van der Waals surface area contributed by atoms with Crippen LogP contribution in [0.15, 0.2) is 48.7 Å². The van der Waals surface area contributed by atoms with Gasteiger partial charge in [-0.1, -0.05) is 44.2 Å². The molecule has 0 aliphatic rings. The van der Waals surface area contributed by atoms with Crippen LogP contribution in [-0.4, -0.2) is 18.6 Å². The summed E-state index contributed by atoms with van der Waals surface area (Å²) < 4.78 is 0. The average Bonchev–Trinajstić information content (AvgIpc) is 2.48. The van der Waals surface area contributed by atoms with E-state index in [2.05, 4.69) is 78.6 Å². The van der Waals surface area contributed by atoms with E-state index in [0.29, 0.717) is 5.92 Å². The molecule has 1 heterocycles. The number of pyridine rings is 1. The second-order valence-electron chi connectivity index (χ2n) is 5.87. The van der Waals surface area contributed by atoms with Crippen LogP contribution in [0, 0.1) is 5.92 Å². The molecule has 0 bridgehead atoms. The number of hydrogen-bond donors (Lipinski definition) is 1. The molecule has 3 nitrogen and oxygen atoms in total. The largest absolute Gasteiger partial charge is 0.370 e. The molecule has 2 rings (SSSR count). The highest BCUT2D eigenvalue weighted by Crippen LogP contribution is 2.15. The fourth-order valence-electron chi connectivity index (χ4n) is 2.24. The van der Waals surface area contributed by atoms with Crippen molar-refractivity contribution in [2.75, 3.05) is 18.5 Å². The third-order valence-corrected chi connectivity index (χ3v) is 3.36. The van der Waals surface area contributed by atoms with E-state index < -0.39 is 0 Å². The second kappa shape index (κ2) is 7.79. The highest BCUT2D eigenvalue weighted by Gasteiger charge is 2.04. The van der Waals surface area contributed by atoms with Gasteiger partial charge in [0, 0.05) is 32.0 Å². The molecular formula is C18H25N3. The van der Waals surface area contributed by atoms with Crippen LogP contribution in [0.4, 0.5) is 5.69 Å². The van der Waals surface area contributed by atoms with Crippen LogP contribution >= 0.6 is 0 Å². The Morgan fingerprint density at radius 3 is 2.62 bits per heavy atom.